The molecular formula is C10H13NO2. The quantitative estimate of drug-likeness (QED) is 0.719. The third-order valence-electron chi connectivity index (χ3n) is 1.94. The van der Waals surface area contributed by atoms with E-state index in [1.165, 1.54) is 0 Å². The van der Waals surface area contributed by atoms with E-state index < -0.39 is 5.97 Å². The summed E-state index contributed by atoms with van der Waals surface area (Å²) < 4.78 is 1.69. The Labute approximate surface area is 77.3 Å². The van der Waals surface area contributed by atoms with E-state index in [0.29, 0.717) is 12.2 Å². The van der Waals surface area contributed by atoms with Crippen LogP contribution in [0, 0.1) is 0 Å². The predicted octanol–water partition coefficient (Wildman–Crippen LogP) is 2.15. The van der Waals surface area contributed by atoms with Gasteiger partial charge >= 0.3 is 5.97 Å². The molecule has 0 atom stereocenters. The number of hydrogen-bond acceptors (Lipinski definition) is 1. The number of aromatic carboxylic acids is 1. The van der Waals surface area contributed by atoms with Crippen LogP contribution >= 0.6 is 0 Å². The Kier molecular flexibility index (Phi) is 2.90. The predicted molar refractivity (Wildman–Crippen MR) is 50.8 cm³/mol. The van der Waals surface area contributed by atoms with Gasteiger partial charge in [-0.15, -0.1) is 0 Å². The van der Waals surface area contributed by atoms with Crippen molar-refractivity contribution >= 4 is 5.97 Å². The van der Waals surface area contributed by atoms with Crippen LogP contribution in [0.5, 0.6) is 0 Å². The van der Waals surface area contributed by atoms with E-state index in [1.54, 1.807) is 22.9 Å². The number of carboxylic acid groups (broad SMARTS) is 1. The Morgan fingerprint density at radius 1 is 1.69 bits per heavy atom. The lowest BCUT2D eigenvalue weighted by molar-refractivity contribution is 0.0685. The molecule has 0 fully saturated rings. The van der Waals surface area contributed by atoms with Crippen molar-refractivity contribution in [2.24, 2.45) is 0 Å². The Morgan fingerprint density at radius 3 is 2.92 bits per heavy atom. The molecule has 1 rings (SSSR count). The summed E-state index contributed by atoms with van der Waals surface area (Å²) in [6.07, 6.45) is 2.63. The zero-order valence-corrected chi connectivity index (χ0v) is 7.66. The number of hydrogen-bond donors (Lipinski definition) is 1. The molecule has 0 bridgehead atoms. The van der Waals surface area contributed by atoms with Crippen molar-refractivity contribution in [2.75, 3.05) is 0 Å². The highest BCUT2D eigenvalue weighted by atomic mass is 16.4. The lowest BCUT2D eigenvalue weighted by atomic mass is 10.2. The van der Waals surface area contributed by atoms with Crippen molar-refractivity contribution in [3.8, 4) is 0 Å². The van der Waals surface area contributed by atoms with E-state index in [2.05, 4.69) is 6.58 Å². The molecule has 0 aliphatic carbocycles. The maximum absolute atomic E-state index is 10.7. The van der Waals surface area contributed by atoms with Crippen LogP contribution in [0.4, 0.5) is 0 Å². The molecule has 1 aromatic heterocycles. The van der Waals surface area contributed by atoms with Crippen LogP contribution in [-0.4, -0.2) is 15.6 Å². The average Bonchev–Trinajstić information content (AvgIpc) is 2.52. The molecule has 0 amide bonds. The highest BCUT2D eigenvalue weighted by molar-refractivity contribution is 5.85. The van der Waals surface area contributed by atoms with E-state index in [9.17, 15) is 4.79 Å². The number of allylic oxidation sites excluding steroid dienone is 1. The van der Waals surface area contributed by atoms with Gasteiger partial charge in [0.1, 0.15) is 5.69 Å². The summed E-state index contributed by atoms with van der Waals surface area (Å²) in [6, 6.07) is 3.32. The summed E-state index contributed by atoms with van der Waals surface area (Å²) >= 11 is 0. The molecule has 0 saturated carbocycles. The van der Waals surface area contributed by atoms with Gasteiger partial charge in [0.25, 0.3) is 0 Å². The molecular weight excluding hydrogens is 166 g/mol. The van der Waals surface area contributed by atoms with Gasteiger partial charge in [0, 0.05) is 12.7 Å². The lowest BCUT2D eigenvalue weighted by Gasteiger charge is -2.06. The number of aromatic nitrogens is 1. The molecule has 1 heterocycles. The second kappa shape index (κ2) is 3.94. The molecule has 0 radical (unpaired) electrons. The first-order valence-electron chi connectivity index (χ1n) is 4.20. The van der Waals surface area contributed by atoms with Crippen molar-refractivity contribution in [1.82, 2.24) is 4.57 Å². The minimum Gasteiger partial charge on any atom is -0.477 e. The van der Waals surface area contributed by atoms with Crippen molar-refractivity contribution in [2.45, 2.75) is 19.9 Å². The van der Waals surface area contributed by atoms with Crippen LogP contribution < -0.4 is 0 Å². The maximum Gasteiger partial charge on any atom is 0.352 e. The van der Waals surface area contributed by atoms with Crippen LogP contribution in [0.1, 0.15) is 23.8 Å². The van der Waals surface area contributed by atoms with E-state index in [-0.39, 0.29) is 0 Å². The summed E-state index contributed by atoms with van der Waals surface area (Å²) in [7, 11) is 0. The fourth-order valence-electron chi connectivity index (χ4n) is 1.10. The van der Waals surface area contributed by atoms with Gasteiger partial charge in [-0.2, -0.15) is 0 Å². The molecule has 0 unspecified atom stereocenters. The van der Waals surface area contributed by atoms with Gasteiger partial charge < -0.3 is 9.67 Å². The van der Waals surface area contributed by atoms with Crippen LogP contribution in [0.15, 0.2) is 30.5 Å². The lowest BCUT2D eigenvalue weighted by Crippen LogP contribution is -2.08. The third kappa shape index (κ3) is 2.21. The zero-order chi connectivity index (χ0) is 9.84. The number of carbonyl (C=O) groups is 1. The van der Waals surface area contributed by atoms with Gasteiger partial charge in [-0.25, -0.2) is 4.79 Å². The molecule has 3 nitrogen and oxygen atoms in total. The van der Waals surface area contributed by atoms with Crippen molar-refractivity contribution in [3.05, 3.63) is 36.2 Å². The number of rotatable bonds is 4. The average molecular weight is 179 g/mol. The fourth-order valence-corrected chi connectivity index (χ4v) is 1.10. The van der Waals surface area contributed by atoms with Gasteiger partial charge in [-0.3, -0.25) is 0 Å². The zero-order valence-electron chi connectivity index (χ0n) is 7.66. The molecule has 0 aliphatic heterocycles. The van der Waals surface area contributed by atoms with Crippen molar-refractivity contribution in [3.63, 3.8) is 0 Å². The molecule has 1 N–H and O–H groups in total. The molecule has 13 heavy (non-hydrogen) atoms. The molecule has 0 aromatic carbocycles. The molecule has 0 saturated heterocycles. The van der Waals surface area contributed by atoms with E-state index in [1.807, 2.05) is 6.92 Å². The highest BCUT2D eigenvalue weighted by Gasteiger charge is 2.07. The smallest absolute Gasteiger partial charge is 0.352 e. The van der Waals surface area contributed by atoms with E-state index in [0.717, 1.165) is 12.0 Å². The van der Waals surface area contributed by atoms with E-state index >= 15 is 0 Å². The number of nitrogens with zero attached hydrogens (tertiary/aromatic N) is 1. The molecule has 1 aromatic rings. The van der Waals surface area contributed by atoms with Crippen LogP contribution in [0.25, 0.3) is 0 Å². The topological polar surface area (TPSA) is 42.2 Å². The fraction of sp³-hybridized carbons (Fsp3) is 0.300. The Bertz CT molecular complexity index is 325. The van der Waals surface area contributed by atoms with Gasteiger partial charge in [0.2, 0.25) is 0 Å². The Morgan fingerprint density at radius 2 is 2.38 bits per heavy atom. The summed E-state index contributed by atoms with van der Waals surface area (Å²) in [4.78, 5) is 10.7. The largest absolute Gasteiger partial charge is 0.477 e. The molecule has 3 heteroatoms. The van der Waals surface area contributed by atoms with Crippen LogP contribution in [0.2, 0.25) is 0 Å². The standard InChI is InChI=1S/C10H13NO2/c1-3-8(2)7-11-6-4-5-9(11)10(12)13/h4-6H,2-3,7H2,1H3,(H,12,13). The third-order valence-corrected chi connectivity index (χ3v) is 1.94. The van der Waals surface area contributed by atoms with Crippen molar-refractivity contribution in [1.29, 1.82) is 0 Å². The van der Waals surface area contributed by atoms with Gasteiger partial charge in [0.05, 0.1) is 0 Å². The molecule has 70 valence electrons. The highest BCUT2D eigenvalue weighted by Crippen LogP contribution is 2.07. The Balaban J connectivity index is 2.82. The van der Waals surface area contributed by atoms with Gasteiger partial charge in [0.15, 0.2) is 0 Å². The Hall–Kier alpha value is -1.51. The summed E-state index contributed by atoms with van der Waals surface area (Å²) in [5.41, 5.74) is 1.34. The summed E-state index contributed by atoms with van der Waals surface area (Å²) in [6.45, 7) is 6.43. The monoisotopic (exact) mass is 179 g/mol. The molecule has 0 spiro atoms. The number of carboxylic acids is 1. The first-order valence-corrected chi connectivity index (χ1v) is 4.20. The minimum atomic E-state index is -0.895. The normalized spacial score (nSPS) is 9.92. The summed E-state index contributed by atoms with van der Waals surface area (Å²) in [5, 5.41) is 8.79. The second-order valence-electron chi connectivity index (χ2n) is 2.93. The SMILES string of the molecule is C=C(CC)Cn1cccc1C(=O)O. The van der Waals surface area contributed by atoms with Crippen LogP contribution in [-0.2, 0) is 6.54 Å². The maximum atomic E-state index is 10.7. The van der Waals surface area contributed by atoms with Gasteiger partial charge in [-0.05, 0) is 18.6 Å². The van der Waals surface area contributed by atoms with Crippen LogP contribution in [0.3, 0.4) is 0 Å². The molecule has 0 aliphatic rings. The first kappa shape index (κ1) is 9.58. The van der Waals surface area contributed by atoms with Crippen molar-refractivity contribution < 1.29 is 9.90 Å². The summed E-state index contributed by atoms with van der Waals surface area (Å²) in [5.74, 6) is -0.895. The van der Waals surface area contributed by atoms with Gasteiger partial charge in [-0.1, -0.05) is 19.1 Å². The first-order chi connectivity index (χ1) is 6.15. The van der Waals surface area contributed by atoms with E-state index in [4.69, 9.17) is 5.11 Å². The second-order valence-corrected chi connectivity index (χ2v) is 2.93. The minimum absolute atomic E-state index is 0.314.